The lowest BCUT2D eigenvalue weighted by molar-refractivity contribution is 0.284. The summed E-state index contributed by atoms with van der Waals surface area (Å²) in [4.78, 5) is 10.7. The first kappa shape index (κ1) is 38.3. The Morgan fingerprint density at radius 3 is 1.85 bits per heavy atom. The average Bonchev–Trinajstić information content (AvgIpc) is 3.03. The Balaban J connectivity index is 1.41. The molecular weight excluding hydrogens is 792 g/mol. The Labute approximate surface area is 300 Å². The number of sulfone groups is 1. The van der Waals surface area contributed by atoms with Crippen LogP contribution in [0.4, 0.5) is 40.3 Å². The zero-order chi connectivity index (χ0) is 38.1. The fourth-order valence-electron chi connectivity index (χ4n) is 4.48. The van der Waals surface area contributed by atoms with Crippen molar-refractivity contribution in [2.45, 2.75) is 14.7 Å². The number of fused-ring (bicyclic) bond motifs is 1. The van der Waals surface area contributed by atoms with Gasteiger partial charge in [0.1, 0.15) is 21.2 Å². The number of azo groups is 1. The van der Waals surface area contributed by atoms with E-state index in [1.807, 2.05) is 0 Å². The molecule has 0 atom stereocenters. The first-order valence-corrected chi connectivity index (χ1v) is 20.2. The second-order valence-corrected chi connectivity index (χ2v) is 16.6. The van der Waals surface area contributed by atoms with Gasteiger partial charge in [-0.3, -0.25) is 13.7 Å². The molecule has 0 amide bonds. The molecule has 1 aromatic heterocycles. The molecule has 7 N–H and O–H groups in total. The van der Waals surface area contributed by atoms with Crippen LogP contribution in [0.2, 0.25) is 5.28 Å². The van der Waals surface area contributed by atoms with Crippen molar-refractivity contribution in [1.82, 2.24) is 15.0 Å². The second-order valence-electron chi connectivity index (χ2n) is 10.3. The average molecular weight is 815 g/mol. The number of rotatable bonds is 13. The number of benzene rings is 4. The predicted octanol–water partition coefficient (Wildman–Crippen LogP) is 4.25. The van der Waals surface area contributed by atoms with E-state index in [4.69, 9.17) is 21.9 Å². The molecule has 0 spiro atoms. The SMILES string of the molecule is Nc1c(N=Nc2cc(Nc3nc(Cl)nc(Nc4ccc(S(=O)(=O)CCOS(=O)(=O)O)cc4)n3)ccc2S(=O)(=O)O)cc(S(=O)(=O)O)c2ccccc12. The lowest BCUT2D eigenvalue weighted by atomic mass is 10.1. The van der Waals surface area contributed by atoms with Gasteiger partial charge in [-0.1, -0.05) is 24.3 Å². The Morgan fingerprint density at radius 1 is 0.692 bits per heavy atom. The van der Waals surface area contributed by atoms with Crippen LogP contribution in [0.3, 0.4) is 0 Å². The Hall–Kier alpha value is -4.92. The van der Waals surface area contributed by atoms with Crippen molar-refractivity contribution in [2.75, 3.05) is 28.7 Å². The van der Waals surface area contributed by atoms with Gasteiger partial charge in [0.2, 0.25) is 17.2 Å². The molecule has 0 aliphatic rings. The fraction of sp³-hybridized carbons (Fsp3) is 0.0741. The van der Waals surface area contributed by atoms with Crippen molar-refractivity contribution in [3.05, 3.63) is 78.1 Å². The Bertz CT molecular complexity index is 2680. The molecule has 4 aromatic carbocycles. The summed E-state index contributed by atoms with van der Waals surface area (Å²) in [7, 11) is -18.4. The zero-order valence-electron chi connectivity index (χ0n) is 25.7. The predicted molar refractivity (Wildman–Crippen MR) is 186 cm³/mol. The fourth-order valence-corrected chi connectivity index (χ4v) is 7.45. The van der Waals surface area contributed by atoms with Crippen molar-refractivity contribution in [2.24, 2.45) is 10.2 Å². The van der Waals surface area contributed by atoms with Crippen molar-refractivity contribution in [3.8, 4) is 0 Å². The van der Waals surface area contributed by atoms with Gasteiger partial charge >= 0.3 is 10.4 Å². The van der Waals surface area contributed by atoms with E-state index in [1.165, 1.54) is 48.5 Å². The molecule has 0 unspecified atom stereocenters. The van der Waals surface area contributed by atoms with Crippen LogP contribution in [-0.4, -0.2) is 74.6 Å². The summed E-state index contributed by atoms with van der Waals surface area (Å²) in [6.45, 7) is -0.805. The van der Waals surface area contributed by atoms with E-state index in [9.17, 15) is 42.8 Å². The van der Waals surface area contributed by atoms with Gasteiger partial charge in [0, 0.05) is 22.1 Å². The van der Waals surface area contributed by atoms with E-state index in [-0.39, 0.29) is 55.6 Å². The van der Waals surface area contributed by atoms with Crippen LogP contribution in [0.15, 0.2) is 97.7 Å². The third-order valence-corrected chi connectivity index (χ3v) is 10.8. The Kier molecular flexibility index (Phi) is 10.8. The maximum atomic E-state index is 12.4. The number of nitrogen functional groups attached to an aromatic ring is 1. The minimum absolute atomic E-state index is 0.0455. The van der Waals surface area contributed by atoms with Crippen LogP contribution < -0.4 is 16.4 Å². The van der Waals surface area contributed by atoms with Gasteiger partial charge in [0.05, 0.1) is 22.9 Å². The van der Waals surface area contributed by atoms with Gasteiger partial charge in [-0.2, -0.15) is 40.2 Å². The van der Waals surface area contributed by atoms with Crippen LogP contribution in [0, 0.1) is 0 Å². The normalized spacial score (nSPS) is 12.7. The molecule has 0 bridgehead atoms. The number of hydrogen-bond acceptors (Lipinski definition) is 17. The number of nitrogens with two attached hydrogens (primary N) is 1. The minimum atomic E-state index is -4.87. The van der Waals surface area contributed by atoms with Crippen molar-refractivity contribution >= 4 is 103 Å². The maximum absolute atomic E-state index is 12.4. The molecule has 0 aliphatic carbocycles. The van der Waals surface area contributed by atoms with Crippen LogP contribution in [0.5, 0.6) is 0 Å². The van der Waals surface area contributed by atoms with Crippen molar-refractivity contribution in [3.63, 3.8) is 0 Å². The van der Waals surface area contributed by atoms with E-state index < -0.39 is 68.3 Å². The topological polar surface area (TPSA) is 320 Å². The molecular formula is C27H23ClN8O12S4. The summed E-state index contributed by atoms with van der Waals surface area (Å²) in [5.41, 5.74) is 5.83. The molecule has 0 saturated heterocycles. The van der Waals surface area contributed by atoms with E-state index in [0.29, 0.717) is 0 Å². The van der Waals surface area contributed by atoms with Gasteiger partial charge in [-0.15, -0.1) is 10.2 Å². The van der Waals surface area contributed by atoms with Crippen molar-refractivity contribution in [1.29, 1.82) is 0 Å². The first-order chi connectivity index (χ1) is 24.2. The molecule has 0 saturated carbocycles. The van der Waals surface area contributed by atoms with Gasteiger partial charge in [-0.05, 0) is 60.1 Å². The maximum Gasteiger partial charge on any atom is 0.397 e. The van der Waals surface area contributed by atoms with E-state index >= 15 is 0 Å². The quantitative estimate of drug-likeness (QED) is 0.0549. The first-order valence-electron chi connectivity index (χ1n) is 13.9. The lowest BCUT2D eigenvalue weighted by Crippen LogP contribution is -2.15. The number of nitrogens with zero attached hydrogens (tertiary/aromatic N) is 5. The third kappa shape index (κ3) is 9.49. The summed E-state index contributed by atoms with van der Waals surface area (Å²) >= 11 is 6.07. The molecule has 20 nitrogen and oxygen atoms in total. The van der Waals surface area contributed by atoms with Gasteiger partial charge in [0.25, 0.3) is 20.2 Å². The molecule has 1 heterocycles. The van der Waals surface area contributed by atoms with Gasteiger partial charge in [0.15, 0.2) is 9.84 Å². The highest BCUT2D eigenvalue weighted by Crippen LogP contribution is 2.38. The van der Waals surface area contributed by atoms with Crippen LogP contribution >= 0.6 is 11.6 Å². The highest BCUT2D eigenvalue weighted by molar-refractivity contribution is 7.91. The zero-order valence-corrected chi connectivity index (χ0v) is 29.7. The van der Waals surface area contributed by atoms with Crippen molar-refractivity contribution < 1.29 is 51.5 Å². The van der Waals surface area contributed by atoms with Crippen LogP contribution in [0.25, 0.3) is 10.8 Å². The molecule has 52 heavy (non-hydrogen) atoms. The molecule has 274 valence electrons. The standard InChI is InChI=1S/C27H23ClN8O12S4/c28-25-32-26(30-15-5-8-17(9-6-15)49(37,38)12-11-48-52(45,46)47)34-27(33-25)31-16-7-10-22(50(39,40)41)20(13-16)35-36-21-14-23(51(42,43)44)18-3-1-2-4-19(18)24(21)29/h1-10,13-14H,11-12,29H2,(H,39,40,41)(H,42,43,44)(H,45,46,47)(H2,30,31,32,33,34). The van der Waals surface area contributed by atoms with Gasteiger partial charge in [-0.25, -0.2) is 12.6 Å². The number of aromatic nitrogens is 3. The number of anilines is 5. The summed E-state index contributed by atoms with van der Waals surface area (Å²) < 4.78 is 127. The highest BCUT2D eigenvalue weighted by atomic mass is 35.5. The minimum Gasteiger partial charge on any atom is -0.396 e. The molecule has 5 rings (SSSR count). The summed E-state index contributed by atoms with van der Waals surface area (Å²) in [6.07, 6.45) is 0. The number of hydrogen-bond donors (Lipinski definition) is 6. The van der Waals surface area contributed by atoms with E-state index in [0.717, 1.165) is 18.2 Å². The highest BCUT2D eigenvalue weighted by Gasteiger charge is 2.21. The second kappa shape index (κ2) is 14.6. The third-order valence-electron chi connectivity index (χ3n) is 6.72. The summed E-state index contributed by atoms with van der Waals surface area (Å²) in [6, 6.07) is 15.3. The molecule has 25 heteroatoms. The monoisotopic (exact) mass is 814 g/mol. The van der Waals surface area contributed by atoms with Crippen LogP contribution in [0.1, 0.15) is 0 Å². The molecule has 0 aliphatic heterocycles. The van der Waals surface area contributed by atoms with Gasteiger partial charge < -0.3 is 16.4 Å². The van der Waals surface area contributed by atoms with E-state index in [2.05, 4.69) is 40.0 Å². The largest absolute Gasteiger partial charge is 0.397 e. The van der Waals surface area contributed by atoms with Crippen LogP contribution in [-0.2, 0) is 44.7 Å². The molecule has 0 fully saturated rings. The summed E-state index contributed by atoms with van der Waals surface area (Å²) in [5.74, 6) is -1.05. The molecule has 5 aromatic rings. The smallest absolute Gasteiger partial charge is 0.396 e. The molecule has 0 radical (unpaired) electrons. The Morgan fingerprint density at radius 2 is 1.25 bits per heavy atom. The number of nitrogens with one attached hydrogen (secondary N) is 2. The number of halogens is 1. The lowest BCUT2D eigenvalue weighted by Gasteiger charge is -2.11. The summed E-state index contributed by atoms with van der Waals surface area (Å²) in [5, 5.41) is 13.3. The van der Waals surface area contributed by atoms with E-state index in [1.54, 1.807) is 6.07 Å².